The molecule has 1 atom stereocenters. The molecule has 1 aliphatic carbocycles. The predicted octanol–water partition coefficient (Wildman–Crippen LogP) is 1.83. The molecule has 106 valence electrons. The average Bonchev–Trinajstić information content (AvgIpc) is 3.10. The molecule has 0 aromatic carbocycles. The third kappa shape index (κ3) is 2.70. The molecule has 1 aromatic rings. The van der Waals surface area contributed by atoms with Crippen LogP contribution in [0.15, 0.2) is 0 Å². The van der Waals surface area contributed by atoms with Crippen LogP contribution in [-0.4, -0.2) is 27.3 Å². The molecule has 1 heterocycles. The number of aryl methyl sites for hydroxylation is 1. The minimum Gasteiger partial charge on any atom is -0.360 e. The molecule has 0 aliphatic heterocycles. The van der Waals surface area contributed by atoms with Gasteiger partial charge in [0.05, 0.1) is 4.92 Å². The molecule has 1 aliphatic rings. The van der Waals surface area contributed by atoms with Gasteiger partial charge in [0.15, 0.2) is 0 Å². The maximum Gasteiger partial charge on any atom is 0.333 e. The van der Waals surface area contributed by atoms with Gasteiger partial charge in [-0.15, -0.1) is 0 Å². The molecule has 0 spiro atoms. The van der Waals surface area contributed by atoms with E-state index in [1.165, 1.54) is 0 Å². The highest BCUT2D eigenvalue weighted by atomic mass is 16.6. The summed E-state index contributed by atoms with van der Waals surface area (Å²) in [5, 5.41) is 18.7. The van der Waals surface area contributed by atoms with Crippen LogP contribution in [0, 0.1) is 23.0 Å². The third-order valence-corrected chi connectivity index (χ3v) is 3.49. The van der Waals surface area contributed by atoms with Crippen LogP contribution in [0.1, 0.15) is 38.4 Å². The number of hydrogen-bond acceptors (Lipinski definition) is 5. The highest BCUT2D eigenvalue weighted by molar-refractivity contribution is 5.60. The van der Waals surface area contributed by atoms with Crippen molar-refractivity contribution >= 4 is 11.5 Å². The minimum absolute atomic E-state index is 0.0625. The zero-order valence-electron chi connectivity index (χ0n) is 11.6. The van der Waals surface area contributed by atoms with E-state index in [9.17, 15) is 10.1 Å². The van der Waals surface area contributed by atoms with Crippen molar-refractivity contribution in [3.63, 3.8) is 0 Å². The zero-order valence-corrected chi connectivity index (χ0v) is 11.6. The van der Waals surface area contributed by atoms with Gasteiger partial charge < -0.3 is 11.1 Å². The van der Waals surface area contributed by atoms with Crippen LogP contribution in [-0.2, 0) is 0 Å². The summed E-state index contributed by atoms with van der Waals surface area (Å²) in [5.41, 5.74) is 6.26. The van der Waals surface area contributed by atoms with Crippen molar-refractivity contribution in [2.24, 2.45) is 11.7 Å². The first-order chi connectivity index (χ1) is 8.95. The molecule has 1 fully saturated rings. The van der Waals surface area contributed by atoms with Crippen LogP contribution >= 0.6 is 0 Å². The van der Waals surface area contributed by atoms with E-state index in [0.717, 1.165) is 12.8 Å². The normalized spacial score (nSPS) is 16.7. The Balaban J connectivity index is 2.37. The predicted molar refractivity (Wildman–Crippen MR) is 73.2 cm³/mol. The molecule has 0 bridgehead atoms. The van der Waals surface area contributed by atoms with Crippen molar-refractivity contribution in [1.29, 1.82) is 0 Å². The Hall–Kier alpha value is -1.63. The summed E-state index contributed by atoms with van der Waals surface area (Å²) in [6.45, 7) is 6.05. The zero-order chi connectivity index (χ0) is 14.2. The van der Waals surface area contributed by atoms with Crippen molar-refractivity contribution in [2.75, 3.05) is 11.9 Å². The van der Waals surface area contributed by atoms with Gasteiger partial charge in [-0.05, 0) is 39.5 Å². The molecule has 0 saturated heterocycles. The summed E-state index contributed by atoms with van der Waals surface area (Å²) in [7, 11) is 0. The number of nitrogens with two attached hydrogens (primary N) is 1. The third-order valence-electron chi connectivity index (χ3n) is 3.49. The van der Waals surface area contributed by atoms with Crippen molar-refractivity contribution in [1.82, 2.24) is 9.78 Å². The van der Waals surface area contributed by atoms with Gasteiger partial charge in [0.1, 0.15) is 5.69 Å². The van der Waals surface area contributed by atoms with E-state index in [1.54, 1.807) is 11.6 Å². The number of nitrogens with zero attached hydrogens (tertiary/aromatic N) is 3. The molecule has 1 unspecified atom stereocenters. The molecule has 0 amide bonds. The molecule has 1 aromatic heterocycles. The van der Waals surface area contributed by atoms with Gasteiger partial charge in [0.2, 0.25) is 5.82 Å². The second-order valence-electron chi connectivity index (χ2n) is 5.40. The maximum atomic E-state index is 11.2. The summed E-state index contributed by atoms with van der Waals surface area (Å²) >= 11 is 0. The topological polar surface area (TPSA) is 99.0 Å². The van der Waals surface area contributed by atoms with Crippen LogP contribution in [0.4, 0.5) is 11.5 Å². The van der Waals surface area contributed by atoms with Gasteiger partial charge in [-0.1, -0.05) is 0 Å². The van der Waals surface area contributed by atoms with Crippen molar-refractivity contribution in [3.05, 3.63) is 15.8 Å². The standard InChI is InChI=1S/C12H21N5O2/c1-7(2)16-12(11(17(18)19)8(3)15-16)14-10(6-13)9-4-5-9/h7,9-10,14H,4-6,13H2,1-3H3. The van der Waals surface area contributed by atoms with Crippen molar-refractivity contribution < 1.29 is 4.92 Å². The van der Waals surface area contributed by atoms with Gasteiger partial charge in [-0.25, -0.2) is 4.68 Å². The smallest absolute Gasteiger partial charge is 0.333 e. The van der Waals surface area contributed by atoms with E-state index in [2.05, 4.69) is 10.4 Å². The maximum absolute atomic E-state index is 11.2. The highest BCUT2D eigenvalue weighted by Gasteiger charge is 2.34. The first-order valence-electron chi connectivity index (χ1n) is 6.65. The summed E-state index contributed by atoms with van der Waals surface area (Å²) in [6, 6.07) is 0.153. The van der Waals surface area contributed by atoms with E-state index in [4.69, 9.17) is 5.73 Å². The van der Waals surface area contributed by atoms with E-state index in [0.29, 0.717) is 24.0 Å². The van der Waals surface area contributed by atoms with Gasteiger partial charge in [-0.2, -0.15) is 5.10 Å². The highest BCUT2D eigenvalue weighted by Crippen LogP contribution is 2.37. The fraction of sp³-hybridized carbons (Fsp3) is 0.750. The number of nitro groups is 1. The lowest BCUT2D eigenvalue weighted by molar-refractivity contribution is -0.384. The number of hydrogen-bond donors (Lipinski definition) is 2. The first kappa shape index (κ1) is 13.8. The Bertz CT molecular complexity index is 479. The second-order valence-corrected chi connectivity index (χ2v) is 5.40. The Morgan fingerprint density at radius 2 is 2.21 bits per heavy atom. The van der Waals surface area contributed by atoms with E-state index in [-0.39, 0.29) is 22.7 Å². The van der Waals surface area contributed by atoms with Crippen LogP contribution in [0.3, 0.4) is 0 Å². The summed E-state index contributed by atoms with van der Waals surface area (Å²) in [5.74, 6) is 1.01. The largest absolute Gasteiger partial charge is 0.360 e. The summed E-state index contributed by atoms with van der Waals surface area (Å²) in [6.07, 6.45) is 2.27. The number of aromatic nitrogens is 2. The number of anilines is 1. The molecular weight excluding hydrogens is 246 g/mol. The molecular formula is C12H21N5O2. The Morgan fingerprint density at radius 3 is 2.63 bits per heavy atom. The molecule has 0 radical (unpaired) electrons. The lowest BCUT2D eigenvalue weighted by Crippen LogP contribution is -2.32. The molecule has 1 saturated carbocycles. The SMILES string of the molecule is Cc1nn(C(C)C)c(NC(CN)C2CC2)c1[N+](=O)[O-]. The van der Waals surface area contributed by atoms with Crippen molar-refractivity contribution in [3.8, 4) is 0 Å². The molecule has 19 heavy (non-hydrogen) atoms. The van der Waals surface area contributed by atoms with Gasteiger partial charge in [-0.3, -0.25) is 10.1 Å². The monoisotopic (exact) mass is 267 g/mol. The van der Waals surface area contributed by atoms with Gasteiger partial charge >= 0.3 is 5.69 Å². The Morgan fingerprint density at radius 1 is 1.58 bits per heavy atom. The molecule has 2 rings (SSSR count). The quantitative estimate of drug-likeness (QED) is 0.605. The van der Waals surface area contributed by atoms with E-state index in [1.807, 2.05) is 13.8 Å². The number of rotatable bonds is 6. The molecule has 7 heteroatoms. The van der Waals surface area contributed by atoms with Crippen LogP contribution < -0.4 is 11.1 Å². The molecule has 3 N–H and O–H groups in total. The lowest BCUT2D eigenvalue weighted by atomic mass is 10.2. The Labute approximate surface area is 112 Å². The Kier molecular flexibility index (Phi) is 3.75. The van der Waals surface area contributed by atoms with Crippen LogP contribution in [0.25, 0.3) is 0 Å². The number of nitrogens with one attached hydrogen (secondary N) is 1. The van der Waals surface area contributed by atoms with Gasteiger partial charge in [0, 0.05) is 18.6 Å². The fourth-order valence-electron chi connectivity index (χ4n) is 2.31. The second kappa shape index (κ2) is 5.16. The minimum atomic E-state index is -0.371. The average molecular weight is 267 g/mol. The summed E-state index contributed by atoms with van der Waals surface area (Å²) in [4.78, 5) is 10.8. The molecule has 7 nitrogen and oxygen atoms in total. The van der Waals surface area contributed by atoms with Crippen LogP contribution in [0.2, 0.25) is 0 Å². The van der Waals surface area contributed by atoms with Crippen LogP contribution in [0.5, 0.6) is 0 Å². The fourth-order valence-corrected chi connectivity index (χ4v) is 2.31. The van der Waals surface area contributed by atoms with E-state index < -0.39 is 0 Å². The lowest BCUT2D eigenvalue weighted by Gasteiger charge is -2.19. The van der Waals surface area contributed by atoms with Gasteiger partial charge in [0.25, 0.3) is 0 Å². The first-order valence-corrected chi connectivity index (χ1v) is 6.65. The van der Waals surface area contributed by atoms with E-state index >= 15 is 0 Å². The summed E-state index contributed by atoms with van der Waals surface area (Å²) < 4.78 is 1.68. The van der Waals surface area contributed by atoms with Crippen molar-refractivity contribution in [2.45, 2.75) is 45.7 Å².